The first-order valence-corrected chi connectivity index (χ1v) is 11.9. The molecule has 188 valence electrons. The van der Waals surface area contributed by atoms with Gasteiger partial charge in [0.05, 0.1) is 25.4 Å². The molecule has 1 fully saturated rings. The number of anilines is 1. The summed E-state index contributed by atoms with van der Waals surface area (Å²) >= 11 is 0. The van der Waals surface area contributed by atoms with Crippen molar-refractivity contribution < 1.29 is 28.2 Å². The Bertz CT molecular complexity index is 1590. The molecule has 1 amide bonds. The van der Waals surface area contributed by atoms with E-state index in [-0.39, 0.29) is 49.9 Å². The van der Waals surface area contributed by atoms with Crippen molar-refractivity contribution in [3.8, 4) is 5.75 Å². The van der Waals surface area contributed by atoms with Gasteiger partial charge in [-0.3, -0.25) is 24.1 Å². The first-order valence-electron chi connectivity index (χ1n) is 11.9. The number of ketones is 1. The summed E-state index contributed by atoms with van der Waals surface area (Å²) in [6.07, 6.45) is 0.693. The summed E-state index contributed by atoms with van der Waals surface area (Å²) in [6.45, 7) is 0.571. The number of carbonyl (C=O) groups excluding carboxylic acids is 2. The molecule has 7 rings (SSSR count). The number of aromatic nitrogens is 1. The predicted octanol–water partition coefficient (Wildman–Crippen LogP) is 1.89. The molecule has 0 unspecified atom stereocenters. The lowest BCUT2D eigenvalue weighted by Crippen LogP contribution is -2.66. The van der Waals surface area contributed by atoms with E-state index in [0.29, 0.717) is 22.4 Å². The fraction of sp³-hybridized carbons (Fsp3) is 0.269. The number of benzene rings is 2. The van der Waals surface area contributed by atoms with Crippen molar-refractivity contribution in [1.82, 2.24) is 9.58 Å². The third-order valence-corrected chi connectivity index (χ3v) is 7.63. The van der Waals surface area contributed by atoms with Crippen molar-refractivity contribution in [2.75, 3.05) is 36.2 Å². The maximum absolute atomic E-state index is 15.4. The van der Waals surface area contributed by atoms with E-state index in [0.717, 1.165) is 12.1 Å². The SMILES string of the molecule is O=C1CN2Cc3c(ccc(F)c3F)[C@H](N3[C@@H]4COCCN4C(=O)c4c(O)c(=O)ccn43)c3cccc1c32. The van der Waals surface area contributed by atoms with Crippen LogP contribution in [0.15, 0.2) is 47.4 Å². The van der Waals surface area contributed by atoms with Gasteiger partial charge in [-0.25, -0.2) is 8.78 Å². The van der Waals surface area contributed by atoms with E-state index in [1.54, 1.807) is 22.0 Å². The highest BCUT2D eigenvalue weighted by molar-refractivity contribution is 6.09. The van der Waals surface area contributed by atoms with E-state index >= 15 is 4.39 Å². The largest absolute Gasteiger partial charge is 0.502 e. The molecule has 0 saturated carbocycles. The fourth-order valence-electron chi connectivity index (χ4n) is 6.03. The maximum atomic E-state index is 15.4. The zero-order valence-electron chi connectivity index (χ0n) is 19.4. The van der Waals surface area contributed by atoms with Crippen molar-refractivity contribution in [2.45, 2.75) is 18.8 Å². The molecule has 11 heteroatoms. The van der Waals surface area contributed by atoms with E-state index in [4.69, 9.17) is 4.74 Å². The third-order valence-electron chi connectivity index (χ3n) is 7.63. The number of morpholine rings is 1. The van der Waals surface area contributed by atoms with E-state index in [1.165, 1.54) is 21.8 Å². The van der Waals surface area contributed by atoms with E-state index in [1.807, 2.05) is 6.07 Å². The van der Waals surface area contributed by atoms with Gasteiger partial charge in [0.2, 0.25) is 5.43 Å². The average molecular weight is 506 g/mol. The van der Waals surface area contributed by atoms with Gasteiger partial charge in [-0.1, -0.05) is 18.2 Å². The second kappa shape index (κ2) is 7.62. The quantitative estimate of drug-likeness (QED) is 0.539. The number of ether oxygens (including phenoxy) is 1. The summed E-state index contributed by atoms with van der Waals surface area (Å²) in [4.78, 5) is 41.9. The van der Waals surface area contributed by atoms with Crippen LogP contribution in [-0.4, -0.2) is 58.8 Å². The van der Waals surface area contributed by atoms with Gasteiger partial charge in [0.1, 0.15) is 12.2 Å². The van der Waals surface area contributed by atoms with Gasteiger partial charge in [-0.2, -0.15) is 0 Å². The molecule has 0 aliphatic carbocycles. The van der Waals surface area contributed by atoms with Gasteiger partial charge in [-0.15, -0.1) is 0 Å². The third kappa shape index (κ3) is 2.88. The Kier molecular flexibility index (Phi) is 4.53. The van der Waals surface area contributed by atoms with Crippen molar-refractivity contribution >= 4 is 17.4 Å². The standard InChI is InChI=1S/C26H20F2N4O5/c27-17-5-4-13-16(21(17)28)10-29-11-19(34)14-2-1-3-15(22(14)29)23(13)32-20-12-37-9-8-30(20)26(36)24-25(35)18(33)6-7-31(24)32/h1-7,20,23,35H,8-12H2/t20-,23+/m1/s1. The fourth-order valence-corrected chi connectivity index (χ4v) is 6.03. The molecule has 0 spiro atoms. The first-order chi connectivity index (χ1) is 17.9. The Morgan fingerprint density at radius 3 is 2.68 bits per heavy atom. The summed E-state index contributed by atoms with van der Waals surface area (Å²) in [6, 6.07) is 8.15. The molecule has 0 radical (unpaired) electrons. The van der Waals surface area contributed by atoms with Crippen molar-refractivity contribution in [1.29, 1.82) is 0 Å². The van der Waals surface area contributed by atoms with Crippen LogP contribution in [0.4, 0.5) is 14.5 Å². The minimum atomic E-state index is -1.01. The van der Waals surface area contributed by atoms with Gasteiger partial charge >= 0.3 is 0 Å². The molecule has 0 bridgehead atoms. The Labute approximate surface area is 208 Å². The molecule has 1 saturated heterocycles. The molecule has 5 heterocycles. The lowest BCUT2D eigenvalue weighted by molar-refractivity contribution is -0.0196. The maximum Gasteiger partial charge on any atom is 0.278 e. The number of para-hydroxylation sites is 1. The molecule has 2 atom stereocenters. The van der Waals surface area contributed by atoms with Crippen LogP contribution in [0.5, 0.6) is 5.75 Å². The predicted molar refractivity (Wildman–Crippen MR) is 126 cm³/mol. The normalized spacial score (nSPS) is 21.8. The molecular weight excluding hydrogens is 486 g/mol. The number of hydrogen-bond acceptors (Lipinski definition) is 7. The highest BCUT2D eigenvalue weighted by Gasteiger charge is 2.47. The lowest BCUT2D eigenvalue weighted by atomic mass is 9.91. The van der Waals surface area contributed by atoms with Gasteiger partial charge < -0.3 is 19.6 Å². The second-order valence-corrected chi connectivity index (χ2v) is 9.51. The average Bonchev–Trinajstić information content (AvgIpc) is 3.15. The molecule has 9 nitrogen and oxygen atoms in total. The zero-order valence-corrected chi connectivity index (χ0v) is 19.4. The lowest BCUT2D eigenvalue weighted by Gasteiger charge is -2.51. The number of aromatic hydroxyl groups is 1. The van der Waals surface area contributed by atoms with Crippen LogP contribution in [-0.2, 0) is 11.3 Å². The van der Waals surface area contributed by atoms with Crippen LogP contribution >= 0.6 is 0 Å². The van der Waals surface area contributed by atoms with Crippen LogP contribution < -0.4 is 15.3 Å². The van der Waals surface area contributed by atoms with E-state index in [2.05, 4.69) is 0 Å². The molecule has 1 N–H and O–H groups in total. The highest BCUT2D eigenvalue weighted by atomic mass is 19.2. The Balaban J connectivity index is 1.57. The number of pyridine rings is 1. The molecular formula is C26H20F2N4O5. The molecule has 4 aliphatic rings. The number of carbonyl (C=O) groups is 2. The van der Waals surface area contributed by atoms with Crippen LogP contribution in [0.25, 0.3) is 0 Å². The zero-order chi connectivity index (χ0) is 25.6. The highest BCUT2D eigenvalue weighted by Crippen LogP contribution is 2.47. The Hall–Kier alpha value is -4.25. The number of Topliss-reactive ketones (excluding diaryl/α,β-unsaturated/α-hetero) is 1. The molecule has 4 aliphatic heterocycles. The number of halogens is 2. The van der Waals surface area contributed by atoms with Gasteiger partial charge in [-0.05, 0) is 17.7 Å². The summed E-state index contributed by atoms with van der Waals surface area (Å²) in [5, 5.41) is 12.4. The van der Waals surface area contributed by atoms with Crippen molar-refractivity contribution in [2.24, 2.45) is 0 Å². The van der Waals surface area contributed by atoms with E-state index < -0.39 is 40.9 Å². The van der Waals surface area contributed by atoms with Crippen LogP contribution in [0.3, 0.4) is 0 Å². The van der Waals surface area contributed by atoms with E-state index in [9.17, 15) is 23.9 Å². The molecule has 1 aromatic heterocycles. The van der Waals surface area contributed by atoms with Crippen molar-refractivity contribution in [3.63, 3.8) is 0 Å². The van der Waals surface area contributed by atoms with Crippen LogP contribution in [0, 0.1) is 11.6 Å². The monoisotopic (exact) mass is 506 g/mol. The Morgan fingerprint density at radius 2 is 1.84 bits per heavy atom. The smallest absolute Gasteiger partial charge is 0.278 e. The molecule has 37 heavy (non-hydrogen) atoms. The topological polar surface area (TPSA) is 95.3 Å². The number of fused-ring (bicyclic) bond motifs is 3. The molecule has 3 aromatic rings. The Morgan fingerprint density at radius 1 is 1.00 bits per heavy atom. The first kappa shape index (κ1) is 22.0. The number of rotatable bonds is 1. The summed E-state index contributed by atoms with van der Waals surface area (Å²) in [7, 11) is 0. The number of nitrogens with zero attached hydrogens (tertiary/aromatic N) is 4. The minimum Gasteiger partial charge on any atom is -0.502 e. The van der Waals surface area contributed by atoms with Crippen LogP contribution in [0.1, 0.15) is 43.6 Å². The summed E-state index contributed by atoms with van der Waals surface area (Å²) in [5.41, 5.74) is 1.34. The minimum absolute atomic E-state index is 0.0227. The number of amides is 1. The summed E-state index contributed by atoms with van der Waals surface area (Å²) < 4.78 is 37.0. The van der Waals surface area contributed by atoms with Gasteiger partial charge in [0, 0.05) is 42.0 Å². The second-order valence-electron chi connectivity index (χ2n) is 9.51. The molecule has 2 aromatic carbocycles. The van der Waals surface area contributed by atoms with Crippen molar-refractivity contribution in [3.05, 3.63) is 92.4 Å². The summed E-state index contributed by atoms with van der Waals surface area (Å²) in [5.74, 6) is -3.38. The number of hydrogen-bond donors (Lipinski definition) is 1. The van der Waals surface area contributed by atoms with Gasteiger partial charge in [0.15, 0.2) is 28.9 Å². The van der Waals surface area contributed by atoms with Crippen LogP contribution in [0.2, 0.25) is 0 Å². The van der Waals surface area contributed by atoms with Gasteiger partial charge in [0.25, 0.3) is 5.91 Å².